The molecule has 4 nitrogen and oxygen atoms in total. The Morgan fingerprint density at radius 1 is 1.61 bits per heavy atom. The Balaban J connectivity index is 2.26. The zero-order valence-corrected chi connectivity index (χ0v) is 10.8. The molecule has 1 aromatic rings. The highest BCUT2D eigenvalue weighted by molar-refractivity contribution is 6.30. The van der Waals surface area contributed by atoms with Crippen LogP contribution >= 0.6 is 11.6 Å². The van der Waals surface area contributed by atoms with Gasteiger partial charge in [-0.05, 0) is 25.8 Å². The topological polar surface area (TPSA) is 59.2 Å². The van der Waals surface area contributed by atoms with Crippen LogP contribution < -0.4 is 10.6 Å². The molecule has 0 saturated carbocycles. The third kappa shape index (κ3) is 2.56. The standard InChI is InChI=1S/C12H15ClFN3O/c1-7-2-3-8(11(15)18)6-17(7)12-10(14)4-9(13)5-16-12/h4-5,7-8H,2-3,6H2,1H3,(H2,15,18). The molecule has 2 unspecified atom stereocenters. The van der Waals surface area contributed by atoms with E-state index in [1.54, 1.807) is 4.90 Å². The highest BCUT2D eigenvalue weighted by Crippen LogP contribution is 2.28. The van der Waals surface area contributed by atoms with Crippen molar-refractivity contribution < 1.29 is 9.18 Å². The second-order valence-corrected chi connectivity index (χ2v) is 5.07. The molecular weight excluding hydrogens is 257 g/mol. The average Bonchev–Trinajstić information content (AvgIpc) is 2.30. The van der Waals surface area contributed by atoms with Crippen molar-refractivity contribution in [2.45, 2.75) is 25.8 Å². The third-order valence-corrected chi connectivity index (χ3v) is 3.55. The molecule has 0 aromatic carbocycles. The number of nitrogens with two attached hydrogens (primary N) is 1. The maximum absolute atomic E-state index is 13.8. The van der Waals surface area contributed by atoms with Crippen LogP contribution in [0, 0.1) is 11.7 Å². The Labute approximate surface area is 110 Å². The fourth-order valence-electron chi connectivity index (χ4n) is 2.25. The predicted molar refractivity (Wildman–Crippen MR) is 67.9 cm³/mol. The maximum atomic E-state index is 13.8. The first-order valence-electron chi connectivity index (χ1n) is 5.86. The molecule has 0 radical (unpaired) electrons. The van der Waals surface area contributed by atoms with Crippen molar-refractivity contribution in [3.05, 3.63) is 23.1 Å². The summed E-state index contributed by atoms with van der Waals surface area (Å²) in [7, 11) is 0. The molecule has 1 fully saturated rings. The van der Waals surface area contributed by atoms with Crippen LogP contribution in [-0.4, -0.2) is 23.5 Å². The predicted octanol–water partition coefficient (Wildman–Crippen LogP) is 1.96. The van der Waals surface area contributed by atoms with Gasteiger partial charge in [0.2, 0.25) is 5.91 Å². The Morgan fingerprint density at radius 2 is 2.33 bits per heavy atom. The molecule has 2 heterocycles. The molecule has 2 N–H and O–H groups in total. The molecule has 2 rings (SSSR count). The second-order valence-electron chi connectivity index (χ2n) is 4.64. The van der Waals surface area contributed by atoms with Crippen molar-refractivity contribution in [3.8, 4) is 0 Å². The maximum Gasteiger partial charge on any atom is 0.222 e. The monoisotopic (exact) mass is 271 g/mol. The van der Waals surface area contributed by atoms with Gasteiger partial charge in [0.05, 0.1) is 10.9 Å². The zero-order valence-electron chi connectivity index (χ0n) is 10.1. The van der Waals surface area contributed by atoms with Crippen LogP contribution in [-0.2, 0) is 4.79 Å². The molecule has 2 atom stereocenters. The number of amides is 1. The van der Waals surface area contributed by atoms with Gasteiger partial charge in [0, 0.05) is 18.8 Å². The lowest BCUT2D eigenvalue weighted by Crippen LogP contribution is -2.46. The summed E-state index contributed by atoms with van der Waals surface area (Å²) in [6.07, 6.45) is 2.93. The van der Waals surface area contributed by atoms with E-state index in [1.165, 1.54) is 12.3 Å². The Bertz CT molecular complexity index is 469. The van der Waals surface area contributed by atoms with E-state index in [0.29, 0.717) is 6.54 Å². The van der Waals surface area contributed by atoms with Gasteiger partial charge >= 0.3 is 0 Å². The molecule has 1 aliphatic heterocycles. The number of primary amides is 1. The van der Waals surface area contributed by atoms with Crippen LogP contribution in [0.15, 0.2) is 12.3 Å². The van der Waals surface area contributed by atoms with Gasteiger partial charge < -0.3 is 10.6 Å². The van der Waals surface area contributed by atoms with Crippen molar-refractivity contribution in [3.63, 3.8) is 0 Å². The number of aromatic nitrogens is 1. The van der Waals surface area contributed by atoms with Gasteiger partial charge in [-0.3, -0.25) is 4.79 Å². The molecule has 1 aromatic heterocycles. The summed E-state index contributed by atoms with van der Waals surface area (Å²) < 4.78 is 13.8. The molecule has 0 bridgehead atoms. The lowest BCUT2D eigenvalue weighted by atomic mass is 9.93. The van der Waals surface area contributed by atoms with Gasteiger partial charge in [0.1, 0.15) is 0 Å². The van der Waals surface area contributed by atoms with Gasteiger partial charge in [-0.2, -0.15) is 0 Å². The molecule has 1 saturated heterocycles. The minimum absolute atomic E-state index is 0.128. The minimum Gasteiger partial charge on any atom is -0.369 e. The second kappa shape index (κ2) is 5.10. The van der Waals surface area contributed by atoms with Crippen LogP contribution in [0.1, 0.15) is 19.8 Å². The summed E-state index contributed by atoms with van der Waals surface area (Å²) in [5.74, 6) is -0.836. The quantitative estimate of drug-likeness (QED) is 0.895. The van der Waals surface area contributed by atoms with E-state index in [4.69, 9.17) is 17.3 Å². The summed E-state index contributed by atoms with van der Waals surface area (Å²) in [5.41, 5.74) is 5.31. The number of piperidine rings is 1. The van der Waals surface area contributed by atoms with Crippen LogP contribution in [0.4, 0.5) is 10.2 Å². The van der Waals surface area contributed by atoms with E-state index < -0.39 is 5.82 Å². The normalized spacial score (nSPS) is 24.1. The number of pyridine rings is 1. The first-order valence-corrected chi connectivity index (χ1v) is 6.24. The molecule has 0 aliphatic carbocycles. The first kappa shape index (κ1) is 13.1. The molecule has 18 heavy (non-hydrogen) atoms. The van der Waals surface area contributed by atoms with Gasteiger partial charge in [-0.25, -0.2) is 9.37 Å². The van der Waals surface area contributed by atoms with E-state index >= 15 is 0 Å². The molecule has 0 spiro atoms. The summed E-state index contributed by atoms with van der Waals surface area (Å²) in [6.45, 7) is 2.38. The van der Waals surface area contributed by atoms with E-state index in [-0.39, 0.29) is 28.7 Å². The van der Waals surface area contributed by atoms with Crippen LogP contribution in [0.5, 0.6) is 0 Å². The fourth-order valence-corrected chi connectivity index (χ4v) is 2.40. The van der Waals surface area contributed by atoms with E-state index in [9.17, 15) is 9.18 Å². The van der Waals surface area contributed by atoms with Crippen LogP contribution in [0.25, 0.3) is 0 Å². The van der Waals surface area contributed by atoms with Crippen LogP contribution in [0.3, 0.4) is 0 Å². The smallest absolute Gasteiger partial charge is 0.222 e. The first-order chi connectivity index (χ1) is 8.49. The minimum atomic E-state index is -0.473. The van der Waals surface area contributed by atoms with E-state index in [0.717, 1.165) is 12.8 Å². The Hall–Kier alpha value is -1.36. The Morgan fingerprint density at radius 3 is 2.94 bits per heavy atom. The molecule has 98 valence electrons. The van der Waals surface area contributed by atoms with Gasteiger partial charge in [0.15, 0.2) is 11.6 Å². The number of carbonyl (C=O) groups is 1. The van der Waals surface area contributed by atoms with Gasteiger partial charge in [-0.1, -0.05) is 11.6 Å². The number of hydrogen-bond donors (Lipinski definition) is 1. The number of halogens is 2. The van der Waals surface area contributed by atoms with Crippen LogP contribution in [0.2, 0.25) is 5.02 Å². The summed E-state index contributed by atoms with van der Waals surface area (Å²) in [5, 5.41) is 0.257. The highest BCUT2D eigenvalue weighted by atomic mass is 35.5. The third-order valence-electron chi connectivity index (χ3n) is 3.34. The summed E-state index contributed by atoms with van der Waals surface area (Å²) in [6, 6.07) is 1.36. The Kier molecular flexibility index (Phi) is 3.71. The SMILES string of the molecule is CC1CCC(C(N)=O)CN1c1ncc(Cl)cc1F. The summed E-state index contributed by atoms with van der Waals surface area (Å²) in [4.78, 5) is 17.0. The average molecular weight is 272 g/mol. The van der Waals surface area contributed by atoms with Gasteiger partial charge in [0.25, 0.3) is 0 Å². The lowest BCUT2D eigenvalue weighted by Gasteiger charge is -2.37. The van der Waals surface area contributed by atoms with Gasteiger partial charge in [-0.15, -0.1) is 0 Å². The van der Waals surface area contributed by atoms with Crippen molar-refractivity contribution in [1.82, 2.24) is 4.98 Å². The number of carbonyl (C=O) groups excluding carboxylic acids is 1. The lowest BCUT2D eigenvalue weighted by molar-refractivity contribution is -0.122. The van der Waals surface area contributed by atoms with Crippen molar-refractivity contribution in [1.29, 1.82) is 0 Å². The number of nitrogens with zero attached hydrogens (tertiary/aromatic N) is 2. The number of hydrogen-bond acceptors (Lipinski definition) is 3. The fraction of sp³-hybridized carbons (Fsp3) is 0.500. The molecule has 1 amide bonds. The van der Waals surface area contributed by atoms with Crippen molar-refractivity contribution in [2.24, 2.45) is 11.7 Å². The summed E-state index contributed by atoms with van der Waals surface area (Å²) >= 11 is 5.68. The van der Waals surface area contributed by atoms with Crippen molar-refractivity contribution in [2.75, 3.05) is 11.4 Å². The van der Waals surface area contributed by atoms with E-state index in [1.807, 2.05) is 6.92 Å². The number of rotatable bonds is 2. The highest BCUT2D eigenvalue weighted by Gasteiger charge is 2.30. The van der Waals surface area contributed by atoms with E-state index in [2.05, 4.69) is 4.98 Å². The van der Waals surface area contributed by atoms with Crippen molar-refractivity contribution >= 4 is 23.3 Å². The molecule has 1 aliphatic rings. The number of anilines is 1. The molecular formula is C12H15ClFN3O. The zero-order chi connectivity index (χ0) is 13.3. The molecule has 6 heteroatoms. The largest absolute Gasteiger partial charge is 0.369 e.